The van der Waals surface area contributed by atoms with Gasteiger partial charge in [0.1, 0.15) is 4.83 Å². The predicted octanol–water partition coefficient (Wildman–Crippen LogP) is 3.40. The summed E-state index contributed by atoms with van der Waals surface area (Å²) in [6.07, 6.45) is 5.50. The molecule has 0 atom stereocenters. The van der Waals surface area contributed by atoms with Crippen LogP contribution in [0.4, 0.5) is 0 Å². The molecule has 1 saturated heterocycles. The van der Waals surface area contributed by atoms with Crippen molar-refractivity contribution in [2.45, 2.75) is 39.2 Å². The summed E-state index contributed by atoms with van der Waals surface area (Å²) in [7, 11) is 0. The molecule has 7 heteroatoms. The van der Waals surface area contributed by atoms with Gasteiger partial charge in [-0.25, -0.2) is 4.98 Å². The lowest BCUT2D eigenvalue weighted by molar-refractivity contribution is 0.0661. The minimum atomic E-state index is -0.0869. The summed E-state index contributed by atoms with van der Waals surface area (Å²) in [5.74, 6) is 0.279. The molecule has 0 saturated carbocycles. The largest absolute Gasteiger partial charge is 0.459 e. The van der Waals surface area contributed by atoms with Crippen molar-refractivity contribution in [2.24, 2.45) is 0 Å². The van der Waals surface area contributed by atoms with Gasteiger partial charge in [0, 0.05) is 24.0 Å². The van der Waals surface area contributed by atoms with E-state index < -0.39 is 0 Å². The summed E-state index contributed by atoms with van der Waals surface area (Å²) in [6.45, 7) is 5.34. The van der Waals surface area contributed by atoms with Crippen LogP contribution in [0.3, 0.4) is 0 Å². The minimum Gasteiger partial charge on any atom is -0.459 e. The smallest absolute Gasteiger partial charge is 0.289 e. The number of likely N-dealkylation sites (tertiary alicyclic amines) is 1. The van der Waals surface area contributed by atoms with Gasteiger partial charge in [0.25, 0.3) is 11.5 Å². The summed E-state index contributed by atoms with van der Waals surface area (Å²) in [5.41, 5.74) is 1.16. The molecule has 0 radical (unpaired) electrons. The van der Waals surface area contributed by atoms with Crippen molar-refractivity contribution < 1.29 is 9.21 Å². The van der Waals surface area contributed by atoms with Crippen molar-refractivity contribution in [3.8, 4) is 0 Å². The van der Waals surface area contributed by atoms with Crippen LogP contribution in [0.2, 0.25) is 0 Å². The zero-order chi connectivity index (χ0) is 18.3. The van der Waals surface area contributed by atoms with Crippen molar-refractivity contribution >= 4 is 27.5 Å². The summed E-state index contributed by atoms with van der Waals surface area (Å²) in [5, 5.41) is 0.770. The molecule has 1 amide bonds. The third-order valence-corrected chi connectivity index (χ3v) is 6.22. The van der Waals surface area contributed by atoms with E-state index in [2.05, 4.69) is 11.9 Å². The molecule has 4 heterocycles. The van der Waals surface area contributed by atoms with Crippen LogP contribution >= 0.6 is 11.3 Å². The lowest BCUT2D eigenvalue weighted by Crippen LogP contribution is -2.40. The molecule has 0 unspecified atom stereocenters. The van der Waals surface area contributed by atoms with E-state index in [0.717, 1.165) is 35.0 Å². The predicted molar refractivity (Wildman–Crippen MR) is 101 cm³/mol. The van der Waals surface area contributed by atoms with Crippen LogP contribution in [0.5, 0.6) is 0 Å². The van der Waals surface area contributed by atoms with Gasteiger partial charge in [0.2, 0.25) is 0 Å². The number of thiophene rings is 1. The number of carbonyl (C=O) groups is 1. The van der Waals surface area contributed by atoms with E-state index in [-0.39, 0.29) is 17.5 Å². The molecular weight excluding hydrogens is 350 g/mol. The Morgan fingerprint density at radius 2 is 2.15 bits per heavy atom. The van der Waals surface area contributed by atoms with Gasteiger partial charge in [0.05, 0.1) is 18.0 Å². The second-order valence-electron chi connectivity index (χ2n) is 6.63. The van der Waals surface area contributed by atoms with Gasteiger partial charge < -0.3 is 9.32 Å². The fourth-order valence-corrected chi connectivity index (χ4v) is 4.83. The Bertz CT molecular complexity index is 995. The highest BCUT2D eigenvalue weighted by atomic mass is 32.1. The Kier molecular flexibility index (Phi) is 4.40. The van der Waals surface area contributed by atoms with Crippen LogP contribution in [-0.2, 0) is 6.42 Å². The van der Waals surface area contributed by atoms with Crippen molar-refractivity contribution in [3.05, 3.63) is 51.3 Å². The van der Waals surface area contributed by atoms with Gasteiger partial charge >= 0.3 is 0 Å². The average Bonchev–Trinajstić information content (AvgIpc) is 3.29. The van der Waals surface area contributed by atoms with Crippen LogP contribution in [0.1, 0.15) is 46.8 Å². The van der Waals surface area contributed by atoms with E-state index in [1.165, 1.54) is 11.1 Å². The Balaban J connectivity index is 1.57. The number of aromatic nitrogens is 2. The van der Waals surface area contributed by atoms with Gasteiger partial charge in [-0.05, 0) is 43.9 Å². The molecule has 26 heavy (non-hydrogen) atoms. The normalized spacial score (nSPS) is 15.7. The summed E-state index contributed by atoms with van der Waals surface area (Å²) >= 11 is 1.59. The topological polar surface area (TPSA) is 68.3 Å². The van der Waals surface area contributed by atoms with Crippen LogP contribution < -0.4 is 5.56 Å². The molecule has 1 aliphatic rings. The first kappa shape index (κ1) is 17.0. The highest BCUT2D eigenvalue weighted by molar-refractivity contribution is 7.18. The van der Waals surface area contributed by atoms with Crippen molar-refractivity contribution in [1.82, 2.24) is 14.5 Å². The fraction of sp³-hybridized carbons (Fsp3) is 0.421. The van der Waals surface area contributed by atoms with Gasteiger partial charge in [-0.1, -0.05) is 6.92 Å². The third kappa shape index (κ3) is 2.76. The minimum absolute atomic E-state index is 0.0482. The summed E-state index contributed by atoms with van der Waals surface area (Å²) < 4.78 is 6.97. The standard InChI is InChI=1S/C19H21N3O3S/c1-3-14-12(2)26-17-16(14)19(24)22(11-20-17)13-6-8-21(9-7-13)18(23)15-5-4-10-25-15/h4-5,10-11,13H,3,6-9H2,1-2H3. The van der Waals surface area contributed by atoms with Crippen molar-refractivity contribution in [1.29, 1.82) is 0 Å². The Hall–Kier alpha value is -2.41. The van der Waals surface area contributed by atoms with Gasteiger partial charge in [-0.3, -0.25) is 14.2 Å². The molecule has 3 aromatic heterocycles. The fourth-order valence-electron chi connectivity index (χ4n) is 3.76. The van der Waals surface area contributed by atoms with E-state index in [0.29, 0.717) is 18.8 Å². The zero-order valence-electron chi connectivity index (χ0n) is 14.9. The maximum atomic E-state index is 13.1. The van der Waals surface area contributed by atoms with Crippen molar-refractivity contribution in [3.63, 3.8) is 0 Å². The lowest BCUT2D eigenvalue weighted by Gasteiger charge is -2.32. The third-order valence-electron chi connectivity index (χ3n) is 5.17. The number of carbonyl (C=O) groups excluding carboxylic acids is 1. The van der Waals surface area contributed by atoms with Gasteiger partial charge in [0.15, 0.2) is 5.76 Å². The van der Waals surface area contributed by atoms with Crippen molar-refractivity contribution in [2.75, 3.05) is 13.1 Å². The number of piperidine rings is 1. The molecule has 1 fully saturated rings. The van der Waals surface area contributed by atoms with E-state index in [9.17, 15) is 9.59 Å². The highest BCUT2D eigenvalue weighted by Gasteiger charge is 2.27. The molecule has 0 spiro atoms. The number of hydrogen-bond donors (Lipinski definition) is 0. The maximum absolute atomic E-state index is 13.1. The highest BCUT2D eigenvalue weighted by Crippen LogP contribution is 2.29. The number of hydrogen-bond acceptors (Lipinski definition) is 5. The van der Waals surface area contributed by atoms with Crippen LogP contribution in [-0.4, -0.2) is 33.4 Å². The Labute approximate surface area is 155 Å². The summed E-state index contributed by atoms with van der Waals surface area (Å²) in [6, 6.07) is 3.47. The van der Waals surface area contributed by atoms with Crippen LogP contribution in [0.25, 0.3) is 10.2 Å². The van der Waals surface area contributed by atoms with E-state index >= 15 is 0 Å². The van der Waals surface area contributed by atoms with E-state index in [4.69, 9.17) is 4.42 Å². The second kappa shape index (κ2) is 6.72. The quantitative estimate of drug-likeness (QED) is 0.708. The first-order valence-electron chi connectivity index (χ1n) is 8.92. The van der Waals surface area contributed by atoms with E-state index in [1.54, 1.807) is 39.3 Å². The zero-order valence-corrected chi connectivity index (χ0v) is 15.7. The monoisotopic (exact) mass is 371 g/mol. The van der Waals surface area contributed by atoms with E-state index in [1.807, 2.05) is 6.92 Å². The second-order valence-corrected chi connectivity index (χ2v) is 7.83. The molecule has 6 nitrogen and oxygen atoms in total. The molecule has 3 aromatic rings. The first-order chi connectivity index (χ1) is 12.6. The average molecular weight is 371 g/mol. The number of aryl methyl sites for hydroxylation is 2. The maximum Gasteiger partial charge on any atom is 0.289 e. The SMILES string of the molecule is CCc1c(C)sc2ncn(C3CCN(C(=O)c4ccco4)CC3)c(=O)c12. The number of furan rings is 1. The molecular formula is C19H21N3O3S. The number of nitrogens with zero attached hydrogens (tertiary/aromatic N) is 3. The lowest BCUT2D eigenvalue weighted by atomic mass is 10.0. The number of fused-ring (bicyclic) bond motifs is 1. The molecule has 4 rings (SSSR count). The number of rotatable bonds is 3. The molecule has 0 aliphatic carbocycles. The molecule has 1 aliphatic heterocycles. The number of amides is 1. The molecule has 0 bridgehead atoms. The van der Waals surface area contributed by atoms with Crippen LogP contribution in [0, 0.1) is 6.92 Å². The summed E-state index contributed by atoms with van der Waals surface area (Å²) in [4.78, 5) is 33.8. The van der Waals surface area contributed by atoms with Gasteiger partial charge in [-0.15, -0.1) is 11.3 Å². The Morgan fingerprint density at radius 1 is 1.38 bits per heavy atom. The molecule has 0 aromatic carbocycles. The Morgan fingerprint density at radius 3 is 2.81 bits per heavy atom. The molecule has 136 valence electrons. The first-order valence-corrected chi connectivity index (χ1v) is 9.73. The molecule has 0 N–H and O–H groups in total. The van der Waals surface area contributed by atoms with Crippen LogP contribution in [0.15, 0.2) is 33.9 Å². The van der Waals surface area contributed by atoms with Gasteiger partial charge in [-0.2, -0.15) is 0 Å².